The number of amides is 1. The Labute approximate surface area is 179 Å². The summed E-state index contributed by atoms with van der Waals surface area (Å²) in [6.45, 7) is 11.6. The number of piperazine rings is 1. The van der Waals surface area contributed by atoms with Gasteiger partial charge in [0.1, 0.15) is 0 Å². The molecule has 0 bridgehead atoms. The van der Waals surface area contributed by atoms with Gasteiger partial charge >= 0.3 is 0 Å². The Hall–Kier alpha value is -2.22. The van der Waals surface area contributed by atoms with Gasteiger partial charge in [0.15, 0.2) is 0 Å². The van der Waals surface area contributed by atoms with Crippen LogP contribution in [0.2, 0.25) is 0 Å². The zero-order chi connectivity index (χ0) is 22.1. The van der Waals surface area contributed by atoms with Crippen molar-refractivity contribution >= 4 is 21.6 Å². The summed E-state index contributed by atoms with van der Waals surface area (Å²) in [5, 5.41) is 3.06. The van der Waals surface area contributed by atoms with E-state index in [1.165, 1.54) is 9.87 Å². The van der Waals surface area contributed by atoms with Crippen LogP contribution in [0.15, 0.2) is 41.3 Å². The Bertz CT molecular complexity index is 1000. The van der Waals surface area contributed by atoms with Crippen molar-refractivity contribution in [3.8, 4) is 0 Å². The van der Waals surface area contributed by atoms with Crippen molar-refractivity contribution in [2.24, 2.45) is 0 Å². The molecule has 0 unspecified atom stereocenters. The zero-order valence-electron chi connectivity index (χ0n) is 18.4. The minimum absolute atomic E-state index is 0.0695. The number of sulfonamides is 1. The first kappa shape index (κ1) is 22.5. The van der Waals surface area contributed by atoms with Crippen LogP contribution >= 0.6 is 0 Å². The minimum atomic E-state index is -3.51. The van der Waals surface area contributed by atoms with Crippen molar-refractivity contribution in [3.05, 3.63) is 58.7 Å². The van der Waals surface area contributed by atoms with Gasteiger partial charge in [0.25, 0.3) is 0 Å². The molecule has 6 nitrogen and oxygen atoms in total. The lowest BCUT2D eigenvalue weighted by Gasteiger charge is -2.36. The van der Waals surface area contributed by atoms with Crippen LogP contribution < -0.4 is 5.32 Å². The zero-order valence-corrected chi connectivity index (χ0v) is 19.2. The quantitative estimate of drug-likeness (QED) is 0.792. The minimum Gasteiger partial charge on any atom is -0.324 e. The normalized spacial score (nSPS) is 17.0. The number of anilines is 1. The van der Waals surface area contributed by atoms with Crippen LogP contribution in [0.5, 0.6) is 0 Å². The van der Waals surface area contributed by atoms with Gasteiger partial charge in [0.05, 0.1) is 10.9 Å². The van der Waals surface area contributed by atoms with Gasteiger partial charge in [0, 0.05) is 31.9 Å². The molecule has 1 amide bonds. The van der Waals surface area contributed by atoms with Gasteiger partial charge in [0.2, 0.25) is 15.9 Å². The van der Waals surface area contributed by atoms with Gasteiger partial charge in [-0.1, -0.05) is 35.4 Å². The van der Waals surface area contributed by atoms with Crippen molar-refractivity contribution in [1.29, 1.82) is 0 Å². The van der Waals surface area contributed by atoms with E-state index in [2.05, 4.69) is 17.4 Å². The van der Waals surface area contributed by atoms with Crippen LogP contribution in [0.3, 0.4) is 0 Å². The molecule has 1 saturated heterocycles. The van der Waals surface area contributed by atoms with Crippen molar-refractivity contribution in [2.75, 3.05) is 31.5 Å². The molecule has 3 rings (SSSR count). The van der Waals surface area contributed by atoms with Crippen LogP contribution in [0.25, 0.3) is 0 Å². The summed E-state index contributed by atoms with van der Waals surface area (Å²) in [6.07, 6.45) is 0. The highest BCUT2D eigenvalue weighted by molar-refractivity contribution is 7.89. The summed E-state index contributed by atoms with van der Waals surface area (Å²) in [4.78, 5) is 15.2. The molecule has 1 aliphatic heterocycles. The van der Waals surface area contributed by atoms with Crippen LogP contribution in [0, 0.1) is 27.7 Å². The number of carbonyl (C=O) groups excluding carboxylic acids is 1. The SMILES string of the molecule is Cc1ccc(S(=O)(=O)N2CCN([C@@H](C)C(=O)Nc3c(C)cc(C)cc3C)CC2)cc1. The standard InChI is InChI=1S/C23H31N3O3S/c1-16-6-8-21(9-7-16)30(28,29)26-12-10-25(11-13-26)20(5)23(27)24-22-18(3)14-17(2)15-19(22)4/h6-9,14-15,20H,10-13H2,1-5H3,(H,24,27)/t20-/m0/s1. The summed E-state index contributed by atoms with van der Waals surface area (Å²) in [5.74, 6) is -0.0695. The third kappa shape index (κ3) is 4.74. The summed E-state index contributed by atoms with van der Waals surface area (Å²) in [5.41, 5.74) is 5.14. The highest BCUT2D eigenvalue weighted by Gasteiger charge is 2.32. The molecule has 162 valence electrons. The molecule has 1 aliphatic rings. The third-order valence-corrected chi connectivity index (χ3v) is 7.70. The van der Waals surface area contributed by atoms with Crippen molar-refractivity contribution in [2.45, 2.75) is 45.6 Å². The van der Waals surface area contributed by atoms with Gasteiger partial charge in [-0.2, -0.15) is 4.31 Å². The molecule has 0 radical (unpaired) electrons. The Morgan fingerprint density at radius 3 is 1.97 bits per heavy atom. The van der Waals surface area contributed by atoms with Crippen molar-refractivity contribution in [1.82, 2.24) is 9.21 Å². The summed E-state index contributed by atoms with van der Waals surface area (Å²) >= 11 is 0. The number of rotatable bonds is 5. The molecular weight excluding hydrogens is 398 g/mol. The molecule has 0 aromatic heterocycles. The molecule has 7 heteroatoms. The molecule has 2 aromatic carbocycles. The van der Waals surface area contributed by atoms with Gasteiger partial charge < -0.3 is 5.32 Å². The average Bonchev–Trinajstić information content (AvgIpc) is 2.70. The maximum absolute atomic E-state index is 12.9. The van der Waals surface area contributed by atoms with E-state index >= 15 is 0 Å². The Balaban J connectivity index is 1.63. The van der Waals surface area contributed by atoms with E-state index in [1.54, 1.807) is 12.1 Å². The lowest BCUT2D eigenvalue weighted by Crippen LogP contribution is -2.53. The van der Waals surface area contributed by atoms with E-state index in [-0.39, 0.29) is 11.9 Å². The summed E-state index contributed by atoms with van der Waals surface area (Å²) in [6, 6.07) is 10.7. The average molecular weight is 430 g/mol. The molecule has 0 saturated carbocycles. The Morgan fingerprint density at radius 1 is 0.900 bits per heavy atom. The third-order valence-electron chi connectivity index (χ3n) is 5.78. The molecule has 30 heavy (non-hydrogen) atoms. The Kier molecular flexibility index (Phi) is 6.65. The van der Waals surface area contributed by atoms with Gasteiger partial charge in [-0.15, -0.1) is 0 Å². The molecule has 1 N–H and O–H groups in total. The Morgan fingerprint density at radius 2 is 1.43 bits per heavy atom. The molecule has 2 aromatic rings. The van der Waals surface area contributed by atoms with Crippen LogP contribution in [-0.2, 0) is 14.8 Å². The molecule has 0 spiro atoms. The largest absolute Gasteiger partial charge is 0.324 e. The second-order valence-corrected chi connectivity index (χ2v) is 10.1. The lowest BCUT2D eigenvalue weighted by molar-refractivity contribution is -0.121. The van der Waals surface area contributed by atoms with E-state index in [0.29, 0.717) is 31.1 Å². The number of hydrogen-bond acceptors (Lipinski definition) is 4. The fourth-order valence-electron chi connectivity index (χ4n) is 3.96. The molecule has 1 atom stereocenters. The first-order valence-electron chi connectivity index (χ1n) is 10.3. The second kappa shape index (κ2) is 8.88. The summed E-state index contributed by atoms with van der Waals surface area (Å²) in [7, 11) is -3.51. The molecule has 1 fully saturated rings. The topological polar surface area (TPSA) is 69.7 Å². The molecule has 1 heterocycles. The number of benzene rings is 2. The van der Waals surface area contributed by atoms with E-state index in [0.717, 1.165) is 22.4 Å². The van der Waals surface area contributed by atoms with Gasteiger partial charge in [-0.3, -0.25) is 9.69 Å². The van der Waals surface area contributed by atoms with Crippen LogP contribution in [0.4, 0.5) is 5.69 Å². The summed E-state index contributed by atoms with van der Waals surface area (Å²) < 4.78 is 27.3. The number of carbonyl (C=O) groups is 1. The first-order valence-corrected chi connectivity index (χ1v) is 11.7. The number of aryl methyl sites for hydroxylation is 4. The maximum atomic E-state index is 12.9. The second-order valence-electron chi connectivity index (χ2n) is 8.19. The van der Waals surface area contributed by atoms with Crippen LogP contribution in [0.1, 0.15) is 29.2 Å². The monoisotopic (exact) mass is 429 g/mol. The number of nitrogens with zero attached hydrogens (tertiary/aromatic N) is 2. The maximum Gasteiger partial charge on any atom is 0.243 e. The van der Waals surface area contributed by atoms with Gasteiger partial charge in [-0.25, -0.2) is 8.42 Å². The van der Waals surface area contributed by atoms with Gasteiger partial charge in [-0.05, 0) is 57.9 Å². The fraction of sp³-hybridized carbons (Fsp3) is 0.435. The number of hydrogen-bond donors (Lipinski definition) is 1. The molecular formula is C23H31N3O3S. The fourth-order valence-corrected chi connectivity index (χ4v) is 5.38. The number of nitrogens with one attached hydrogen (secondary N) is 1. The smallest absolute Gasteiger partial charge is 0.243 e. The highest BCUT2D eigenvalue weighted by Crippen LogP contribution is 2.23. The van der Waals surface area contributed by atoms with E-state index < -0.39 is 10.0 Å². The lowest BCUT2D eigenvalue weighted by atomic mass is 10.0. The predicted molar refractivity (Wildman–Crippen MR) is 120 cm³/mol. The predicted octanol–water partition coefficient (Wildman–Crippen LogP) is 3.25. The van der Waals surface area contributed by atoms with E-state index in [9.17, 15) is 13.2 Å². The molecule has 0 aliphatic carbocycles. The van der Waals surface area contributed by atoms with Crippen molar-refractivity contribution < 1.29 is 13.2 Å². The first-order chi connectivity index (χ1) is 14.1. The van der Waals surface area contributed by atoms with Crippen molar-refractivity contribution in [3.63, 3.8) is 0 Å². The van der Waals surface area contributed by atoms with Crippen LogP contribution in [-0.4, -0.2) is 55.8 Å². The van der Waals surface area contributed by atoms with E-state index in [1.807, 2.05) is 51.7 Å². The van der Waals surface area contributed by atoms with E-state index in [4.69, 9.17) is 0 Å². The highest BCUT2D eigenvalue weighted by atomic mass is 32.2.